The van der Waals surface area contributed by atoms with E-state index in [0.717, 1.165) is 45.1 Å². The smallest absolute Gasteiger partial charge is 0.195 e. The molecule has 9 N–H and O–H groups in total. The fourth-order valence-electron chi connectivity index (χ4n) is 3.69. The summed E-state index contributed by atoms with van der Waals surface area (Å²) in [4.78, 5) is 12.7. The number of hydrogen-bond donors (Lipinski definition) is 4. The zero-order chi connectivity index (χ0) is 24.0. The molecule has 0 amide bonds. The molecular formula is C23H49N9Y-2. The van der Waals surface area contributed by atoms with Crippen LogP contribution in [0.4, 0.5) is 0 Å². The molecule has 10 heteroatoms. The molecule has 1 radical (unpaired) electrons. The number of unbranched alkanes of at least 4 members (excludes halogenated alkanes) is 6. The zero-order valence-electron chi connectivity index (χ0n) is 21.1. The summed E-state index contributed by atoms with van der Waals surface area (Å²) in [5.74, 6) is 1.55. The quantitative estimate of drug-likeness (QED) is 0.152. The van der Waals surface area contributed by atoms with Crippen molar-refractivity contribution in [3.8, 4) is 0 Å². The zero-order valence-corrected chi connectivity index (χ0v) is 24.0. The number of nitrogens with zero attached hydrogens (tertiary/aromatic N) is 3. The van der Waals surface area contributed by atoms with Crippen molar-refractivity contribution in [3.05, 3.63) is 11.5 Å². The van der Waals surface area contributed by atoms with Crippen LogP contribution < -0.4 is 22.5 Å². The van der Waals surface area contributed by atoms with E-state index in [1.165, 1.54) is 38.5 Å². The summed E-state index contributed by atoms with van der Waals surface area (Å²) in [6.07, 6.45) is 14.1. The van der Waals surface area contributed by atoms with Crippen molar-refractivity contribution < 1.29 is 32.7 Å². The predicted octanol–water partition coefficient (Wildman–Crippen LogP) is 4.58. The second kappa shape index (κ2) is 24.2. The average Bonchev–Trinajstić information content (AvgIpc) is 2.77. The van der Waals surface area contributed by atoms with E-state index in [2.05, 4.69) is 34.1 Å². The van der Waals surface area contributed by atoms with Crippen LogP contribution in [0.2, 0.25) is 0 Å². The van der Waals surface area contributed by atoms with E-state index < -0.39 is 0 Å². The van der Waals surface area contributed by atoms with Gasteiger partial charge in [-0.05, 0) is 50.0 Å². The molecule has 0 aromatic heterocycles. The van der Waals surface area contributed by atoms with Crippen LogP contribution >= 0.6 is 0 Å². The topological polar surface area (TPSA) is 175 Å². The van der Waals surface area contributed by atoms with Gasteiger partial charge >= 0.3 is 0 Å². The van der Waals surface area contributed by atoms with Crippen molar-refractivity contribution in [1.82, 2.24) is 5.32 Å². The summed E-state index contributed by atoms with van der Waals surface area (Å²) in [6, 6.07) is 0. The van der Waals surface area contributed by atoms with E-state index in [1.54, 1.807) is 0 Å². The van der Waals surface area contributed by atoms with Gasteiger partial charge in [-0.15, -0.1) is 0 Å². The van der Waals surface area contributed by atoms with Gasteiger partial charge in [-0.3, -0.25) is 15.3 Å². The normalized spacial score (nSPS) is 19.3. The van der Waals surface area contributed by atoms with Crippen molar-refractivity contribution in [2.75, 3.05) is 26.2 Å². The minimum Gasteiger partial charge on any atom is -0.677 e. The van der Waals surface area contributed by atoms with Crippen LogP contribution in [0.5, 0.6) is 0 Å². The van der Waals surface area contributed by atoms with Crippen molar-refractivity contribution in [2.45, 2.75) is 90.9 Å². The van der Waals surface area contributed by atoms with Crippen LogP contribution in [0.25, 0.3) is 11.5 Å². The molecule has 0 aromatic carbocycles. The molecule has 1 aliphatic rings. The second-order valence-electron chi connectivity index (χ2n) is 8.61. The summed E-state index contributed by atoms with van der Waals surface area (Å²) in [5, 5.41) is 2.85. The first-order chi connectivity index (χ1) is 15.4. The van der Waals surface area contributed by atoms with Gasteiger partial charge in [0.2, 0.25) is 0 Å². The van der Waals surface area contributed by atoms with Crippen molar-refractivity contribution >= 4 is 17.9 Å². The Morgan fingerprint density at radius 1 is 0.818 bits per heavy atom. The first-order valence-corrected chi connectivity index (χ1v) is 12.5. The Kier molecular flexibility index (Phi) is 25.1. The maximum Gasteiger partial charge on any atom is 0.195 e. The van der Waals surface area contributed by atoms with Crippen LogP contribution in [0, 0.1) is 11.8 Å². The van der Waals surface area contributed by atoms with Crippen LogP contribution in [-0.2, 0) is 32.7 Å². The molecule has 0 aromatic rings. The summed E-state index contributed by atoms with van der Waals surface area (Å²) >= 11 is 0. The van der Waals surface area contributed by atoms with E-state index in [4.69, 9.17) is 28.7 Å². The van der Waals surface area contributed by atoms with Crippen LogP contribution in [-0.4, -0.2) is 44.1 Å². The number of hydrogen-bond acceptors (Lipinski definition) is 3. The Hall–Kier alpha value is -0.926. The van der Waals surface area contributed by atoms with Crippen molar-refractivity contribution in [1.29, 1.82) is 0 Å². The molecule has 0 saturated heterocycles. The Bertz CT molecular complexity index is 530. The summed E-state index contributed by atoms with van der Waals surface area (Å²) in [6.45, 7) is 7.02. The third kappa shape index (κ3) is 22.6. The SMILES string of the molecule is CCCCCCN=C(N)NC(N)=NCC1CCCC(CN=C([NH-])N)C1.CCCCCC[NH-].[Y]. The molecule has 2 unspecified atom stereocenters. The number of nitrogens with one attached hydrogen (secondary N) is 3. The Balaban J connectivity index is 0. The molecule has 33 heavy (non-hydrogen) atoms. The summed E-state index contributed by atoms with van der Waals surface area (Å²) in [7, 11) is 0. The summed E-state index contributed by atoms with van der Waals surface area (Å²) in [5.41, 5.74) is 31.0. The first kappa shape index (κ1) is 34.2. The second-order valence-corrected chi connectivity index (χ2v) is 8.61. The third-order valence-electron chi connectivity index (χ3n) is 5.51. The third-order valence-corrected chi connectivity index (χ3v) is 5.51. The van der Waals surface area contributed by atoms with Gasteiger partial charge in [0, 0.05) is 45.8 Å². The number of rotatable bonds is 13. The van der Waals surface area contributed by atoms with Crippen LogP contribution in [0.1, 0.15) is 90.9 Å². The number of guanidine groups is 3. The molecule has 0 bridgehead atoms. The molecule has 1 rings (SSSR count). The monoisotopic (exact) mass is 540 g/mol. The predicted molar refractivity (Wildman–Crippen MR) is 140 cm³/mol. The van der Waals surface area contributed by atoms with Crippen molar-refractivity contribution in [2.24, 2.45) is 44.0 Å². The van der Waals surface area contributed by atoms with Crippen molar-refractivity contribution in [3.63, 3.8) is 0 Å². The minimum absolute atomic E-state index is 0. The molecule has 1 fully saturated rings. The largest absolute Gasteiger partial charge is 0.677 e. The number of aliphatic imine (C=N–C) groups is 3. The maximum absolute atomic E-state index is 7.19. The van der Waals surface area contributed by atoms with Gasteiger partial charge in [-0.25, -0.2) is 0 Å². The standard InChI is InChI=1S/C17H35N8.C6H14N.Y/c1-2-3-4-5-9-22-16(20)25-17(21)24-12-14-8-6-7-13(10-14)11-23-15(18)19;1-2-3-4-5-6-7;/h13-14H,2-12H2,1H3,(H8-,18,19,20,21,22,23,24,25);7H,2-6H2,1H3;/q2*-1;. The number of nitrogens with two attached hydrogens (primary N) is 3. The Labute approximate surface area is 227 Å². The van der Waals surface area contributed by atoms with Crippen LogP contribution in [0.3, 0.4) is 0 Å². The molecule has 0 heterocycles. The Morgan fingerprint density at radius 3 is 1.91 bits per heavy atom. The first-order valence-electron chi connectivity index (χ1n) is 12.5. The summed E-state index contributed by atoms with van der Waals surface area (Å²) < 4.78 is 0. The van der Waals surface area contributed by atoms with Gasteiger partial charge in [0.25, 0.3) is 0 Å². The van der Waals surface area contributed by atoms with E-state index in [-0.39, 0.29) is 38.7 Å². The van der Waals surface area contributed by atoms with Crippen LogP contribution in [0.15, 0.2) is 15.0 Å². The van der Waals surface area contributed by atoms with E-state index in [9.17, 15) is 0 Å². The molecule has 0 aliphatic heterocycles. The fourth-order valence-corrected chi connectivity index (χ4v) is 3.69. The minimum atomic E-state index is -0.0851. The van der Waals surface area contributed by atoms with Gasteiger partial charge in [0.15, 0.2) is 11.9 Å². The fraction of sp³-hybridized carbons (Fsp3) is 0.870. The Morgan fingerprint density at radius 2 is 1.36 bits per heavy atom. The van der Waals surface area contributed by atoms with Gasteiger partial charge in [-0.2, -0.15) is 6.54 Å². The maximum atomic E-state index is 7.19. The molecule has 2 atom stereocenters. The van der Waals surface area contributed by atoms with E-state index in [0.29, 0.717) is 43.4 Å². The van der Waals surface area contributed by atoms with Gasteiger partial charge in [-0.1, -0.05) is 65.2 Å². The molecule has 1 saturated carbocycles. The van der Waals surface area contributed by atoms with Gasteiger partial charge < -0.3 is 33.7 Å². The van der Waals surface area contributed by atoms with Gasteiger partial charge in [0.05, 0.1) is 0 Å². The molecule has 1 aliphatic carbocycles. The van der Waals surface area contributed by atoms with Gasteiger partial charge in [0.1, 0.15) is 0 Å². The molecule has 0 spiro atoms. The average molecular weight is 541 g/mol. The molecular weight excluding hydrogens is 491 g/mol. The van der Waals surface area contributed by atoms with E-state index in [1.807, 2.05) is 0 Å². The molecule has 191 valence electrons. The van der Waals surface area contributed by atoms with E-state index >= 15 is 0 Å². The molecule has 9 nitrogen and oxygen atoms in total.